The van der Waals surface area contributed by atoms with Gasteiger partial charge in [-0.15, -0.1) is 0 Å². The number of aryl methyl sites for hydroxylation is 2. The van der Waals surface area contributed by atoms with Crippen molar-refractivity contribution in [3.05, 3.63) is 29.3 Å². The van der Waals surface area contributed by atoms with Crippen LogP contribution in [0.1, 0.15) is 31.4 Å². The van der Waals surface area contributed by atoms with Crippen LogP contribution in [0.2, 0.25) is 0 Å². The molecule has 3 aliphatic rings. The van der Waals surface area contributed by atoms with Gasteiger partial charge in [0.15, 0.2) is 6.54 Å². The van der Waals surface area contributed by atoms with Crippen LogP contribution in [0.25, 0.3) is 0 Å². The van der Waals surface area contributed by atoms with Crippen LogP contribution < -0.4 is 4.90 Å². The summed E-state index contributed by atoms with van der Waals surface area (Å²) < 4.78 is 33.4. The van der Waals surface area contributed by atoms with Gasteiger partial charge >= 0.3 is 0 Å². The lowest BCUT2D eigenvalue weighted by atomic mass is 10.1. The molecule has 160 valence electrons. The predicted molar refractivity (Wildman–Crippen MR) is 109 cm³/mol. The molecule has 1 unspecified atom stereocenters. The maximum atomic E-state index is 13.1. The average Bonchev–Trinajstić information content (AvgIpc) is 3.15. The van der Waals surface area contributed by atoms with Crippen molar-refractivity contribution in [2.45, 2.75) is 50.2 Å². The number of rotatable bonds is 4. The van der Waals surface area contributed by atoms with Gasteiger partial charge in [-0.05, 0) is 56.4 Å². The Morgan fingerprint density at radius 3 is 2.41 bits per heavy atom. The Morgan fingerprint density at radius 2 is 1.72 bits per heavy atom. The molecule has 8 heteroatoms. The second-order valence-corrected chi connectivity index (χ2v) is 10.6. The van der Waals surface area contributed by atoms with Crippen LogP contribution in [-0.4, -0.2) is 81.6 Å². The first kappa shape index (κ1) is 20.8. The fourth-order valence-electron chi connectivity index (χ4n) is 4.89. The highest BCUT2D eigenvalue weighted by molar-refractivity contribution is 7.89. The lowest BCUT2D eigenvalue weighted by Gasteiger charge is -2.36. The molecule has 29 heavy (non-hydrogen) atoms. The second-order valence-electron chi connectivity index (χ2n) is 8.66. The summed E-state index contributed by atoms with van der Waals surface area (Å²) in [6, 6.07) is 5.54. The monoisotopic (exact) mass is 422 g/mol. The lowest BCUT2D eigenvalue weighted by molar-refractivity contribution is -0.907. The highest BCUT2D eigenvalue weighted by atomic mass is 32.2. The third-order valence-corrected chi connectivity index (χ3v) is 8.21. The molecule has 0 radical (unpaired) electrons. The van der Waals surface area contributed by atoms with E-state index >= 15 is 0 Å². The number of hydrogen-bond donors (Lipinski definition) is 1. The van der Waals surface area contributed by atoms with Crippen LogP contribution in [0.3, 0.4) is 0 Å². The van der Waals surface area contributed by atoms with Gasteiger partial charge in [-0.2, -0.15) is 4.31 Å². The number of fused-ring (bicyclic) bond motifs is 1. The summed E-state index contributed by atoms with van der Waals surface area (Å²) in [4.78, 5) is 16.2. The smallest absolute Gasteiger partial charge is 0.277 e. The largest absolute Gasteiger partial charge is 0.364 e. The Labute approximate surface area is 173 Å². The first-order chi connectivity index (χ1) is 13.8. The van der Waals surface area contributed by atoms with Gasteiger partial charge in [0.2, 0.25) is 10.0 Å². The summed E-state index contributed by atoms with van der Waals surface area (Å²) in [6.45, 7) is 7.84. The SMILES string of the molecule is C[C@@H]1C[NH+](CC(=O)N2CCN(S(=O)(=O)c3ccc4c(c3)CCC4)CC2)C[C@H](C)O1. The number of sulfonamides is 1. The van der Waals surface area contributed by atoms with Crippen LogP contribution in [0.15, 0.2) is 23.1 Å². The first-order valence-corrected chi connectivity index (χ1v) is 12.2. The van der Waals surface area contributed by atoms with Gasteiger partial charge in [-0.25, -0.2) is 8.42 Å². The Morgan fingerprint density at radius 1 is 1.07 bits per heavy atom. The molecule has 1 amide bonds. The van der Waals surface area contributed by atoms with Crippen LogP contribution in [0.4, 0.5) is 0 Å². The van der Waals surface area contributed by atoms with E-state index in [1.165, 1.54) is 14.8 Å². The summed E-state index contributed by atoms with van der Waals surface area (Å²) >= 11 is 0. The minimum Gasteiger partial charge on any atom is -0.364 e. The minimum atomic E-state index is -3.50. The molecule has 4 rings (SSSR count). The van der Waals surface area contributed by atoms with Crippen molar-refractivity contribution >= 4 is 15.9 Å². The molecule has 2 fully saturated rings. The maximum absolute atomic E-state index is 13.1. The quantitative estimate of drug-likeness (QED) is 0.723. The van der Waals surface area contributed by atoms with Crippen molar-refractivity contribution in [3.63, 3.8) is 0 Å². The summed E-state index contributed by atoms with van der Waals surface area (Å²) in [5.74, 6) is 0.107. The molecule has 3 atom stereocenters. The van der Waals surface area contributed by atoms with Gasteiger partial charge < -0.3 is 14.5 Å². The van der Waals surface area contributed by atoms with E-state index in [-0.39, 0.29) is 18.1 Å². The first-order valence-electron chi connectivity index (χ1n) is 10.7. The van der Waals surface area contributed by atoms with E-state index in [0.29, 0.717) is 37.6 Å². The van der Waals surface area contributed by atoms with Crippen molar-refractivity contribution in [1.29, 1.82) is 0 Å². The Balaban J connectivity index is 1.34. The van der Waals surface area contributed by atoms with Gasteiger partial charge in [-0.1, -0.05) is 6.07 Å². The van der Waals surface area contributed by atoms with Crippen molar-refractivity contribution in [2.24, 2.45) is 0 Å². The number of carbonyl (C=O) groups is 1. The molecule has 2 saturated heterocycles. The van der Waals surface area contributed by atoms with E-state index in [1.807, 2.05) is 30.9 Å². The topological polar surface area (TPSA) is 71.4 Å². The summed E-state index contributed by atoms with van der Waals surface area (Å²) in [6.07, 6.45) is 3.43. The van der Waals surface area contributed by atoms with Crippen LogP contribution >= 0.6 is 0 Å². The predicted octanol–water partition coefficient (Wildman–Crippen LogP) is -0.300. The van der Waals surface area contributed by atoms with Crippen molar-refractivity contribution in [3.8, 4) is 0 Å². The van der Waals surface area contributed by atoms with Crippen LogP contribution in [-0.2, 0) is 32.4 Å². The molecule has 2 heterocycles. The van der Waals surface area contributed by atoms with Gasteiger partial charge in [0.1, 0.15) is 25.3 Å². The number of quaternary nitrogens is 1. The van der Waals surface area contributed by atoms with Crippen molar-refractivity contribution in [1.82, 2.24) is 9.21 Å². The number of nitrogens with zero attached hydrogens (tertiary/aromatic N) is 2. The van der Waals surface area contributed by atoms with E-state index in [2.05, 4.69) is 0 Å². The van der Waals surface area contributed by atoms with Gasteiger partial charge in [0.05, 0.1) is 4.90 Å². The second kappa shape index (κ2) is 8.34. The molecule has 1 aromatic carbocycles. The third kappa shape index (κ3) is 4.50. The molecule has 0 bridgehead atoms. The van der Waals surface area contributed by atoms with E-state index in [0.717, 1.165) is 37.9 Å². The van der Waals surface area contributed by atoms with Gasteiger partial charge in [0.25, 0.3) is 5.91 Å². The number of benzene rings is 1. The van der Waals surface area contributed by atoms with Crippen molar-refractivity contribution in [2.75, 3.05) is 45.8 Å². The van der Waals surface area contributed by atoms with E-state index in [4.69, 9.17) is 4.74 Å². The Bertz CT molecular complexity index is 855. The third-order valence-electron chi connectivity index (χ3n) is 6.32. The zero-order valence-corrected chi connectivity index (χ0v) is 18.2. The van der Waals surface area contributed by atoms with Gasteiger partial charge in [0, 0.05) is 26.2 Å². The molecule has 1 aromatic rings. The minimum absolute atomic E-state index is 0.107. The molecular formula is C21H32N3O4S+. The molecule has 0 aromatic heterocycles. The normalized spacial score (nSPS) is 28.3. The number of piperazine rings is 1. The maximum Gasteiger partial charge on any atom is 0.277 e. The molecule has 0 spiro atoms. The van der Waals surface area contributed by atoms with Gasteiger partial charge in [-0.3, -0.25) is 4.79 Å². The molecule has 0 saturated carbocycles. The van der Waals surface area contributed by atoms with Crippen LogP contribution in [0, 0.1) is 0 Å². The zero-order chi connectivity index (χ0) is 20.6. The Kier molecular flexibility index (Phi) is 5.97. The standard InChI is InChI=1S/C21H31N3O4S/c1-16-13-22(14-17(2)28-16)15-21(25)23-8-10-24(11-9-23)29(26,27)20-7-6-18-4-3-5-19(18)12-20/h6-7,12,16-17H,3-5,8-11,13-15H2,1-2H3/p+1/t16-,17+. The molecule has 1 N–H and O–H groups in total. The zero-order valence-electron chi connectivity index (χ0n) is 17.4. The van der Waals surface area contributed by atoms with Crippen LogP contribution in [0.5, 0.6) is 0 Å². The number of nitrogens with one attached hydrogen (secondary N) is 1. The number of amides is 1. The number of hydrogen-bond acceptors (Lipinski definition) is 4. The molecule has 7 nitrogen and oxygen atoms in total. The number of ether oxygens (including phenoxy) is 1. The molecule has 2 aliphatic heterocycles. The van der Waals surface area contributed by atoms with E-state index < -0.39 is 10.0 Å². The fourth-order valence-corrected chi connectivity index (χ4v) is 6.37. The molecule has 1 aliphatic carbocycles. The summed E-state index contributed by atoms with van der Waals surface area (Å²) in [5, 5.41) is 0. The number of morpholine rings is 1. The summed E-state index contributed by atoms with van der Waals surface area (Å²) in [7, 11) is -3.50. The molecular weight excluding hydrogens is 390 g/mol. The fraction of sp³-hybridized carbons (Fsp3) is 0.667. The number of carbonyl (C=O) groups excluding carboxylic acids is 1. The Hall–Kier alpha value is -1.48. The van der Waals surface area contributed by atoms with E-state index in [9.17, 15) is 13.2 Å². The van der Waals surface area contributed by atoms with E-state index in [1.54, 1.807) is 6.07 Å². The summed E-state index contributed by atoms with van der Waals surface area (Å²) in [5.41, 5.74) is 2.44. The average molecular weight is 423 g/mol. The lowest BCUT2D eigenvalue weighted by Crippen LogP contribution is -3.16. The highest BCUT2D eigenvalue weighted by Crippen LogP contribution is 2.26. The van der Waals surface area contributed by atoms with Crippen molar-refractivity contribution < 1.29 is 22.8 Å². The highest BCUT2D eigenvalue weighted by Gasteiger charge is 2.33.